The third kappa shape index (κ3) is 7.62. The van der Waals surface area contributed by atoms with Gasteiger partial charge in [0.25, 0.3) is 0 Å². The van der Waals surface area contributed by atoms with E-state index in [1.807, 2.05) is 30.3 Å². The molecule has 9 nitrogen and oxygen atoms in total. The zero-order chi connectivity index (χ0) is 30.3. The summed E-state index contributed by atoms with van der Waals surface area (Å²) in [6.07, 6.45) is 0.808. The number of furan rings is 1. The fourth-order valence-electron chi connectivity index (χ4n) is 4.13. The highest BCUT2D eigenvalue weighted by Gasteiger charge is 2.39. The van der Waals surface area contributed by atoms with Gasteiger partial charge in [0.1, 0.15) is 29.5 Å². The lowest BCUT2D eigenvalue weighted by Gasteiger charge is -2.16. The van der Waals surface area contributed by atoms with E-state index < -0.39 is 29.1 Å². The Morgan fingerprint density at radius 2 is 1.86 bits per heavy atom. The van der Waals surface area contributed by atoms with Crippen molar-refractivity contribution < 1.29 is 27.9 Å². The van der Waals surface area contributed by atoms with Gasteiger partial charge in [-0.15, -0.1) is 0 Å². The molecule has 1 unspecified atom stereocenters. The van der Waals surface area contributed by atoms with Crippen LogP contribution in [0.1, 0.15) is 29.1 Å². The van der Waals surface area contributed by atoms with Gasteiger partial charge < -0.3 is 19.8 Å². The Labute approximate surface area is 256 Å². The molecule has 2 heterocycles. The van der Waals surface area contributed by atoms with Gasteiger partial charge in [-0.2, -0.15) is 0 Å². The van der Waals surface area contributed by atoms with E-state index in [0.717, 1.165) is 11.6 Å². The van der Waals surface area contributed by atoms with Crippen molar-refractivity contribution in [2.45, 2.75) is 31.4 Å². The summed E-state index contributed by atoms with van der Waals surface area (Å²) in [7, 11) is 0. The minimum atomic E-state index is -0.859. The Bertz CT molecular complexity index is 1630. The Morgan fingerprint density at radius 1 is 1.09 bits per heavy atom. The van der Waals surface area contributed by atoms with Crippen molar-refractivity contribution >= 4 is 57.8 Å². The van der Waals surface area contributed by atoms with Gasteiger partial charge in [0, 0.05) is 5.69 Å². The smallest absolute Gasteiger partial charge is 0.408 e. The number of anilines is 1. The maximum absolute atomic E-state index is 13.6. The lowest BCUT2D eigenvalue weighted by Crippen LogP contribution is -2.41. The standard InChI is InChI=1S/C31H26ClFN4O5S/c1-19(34-31(40)42-18-20-6-3-2-4-7-20)28(38)35-23-12-9-21(10-13-23)27-29(39)37(17-24-8-5-15-41-24)30(43-27)36-26-14-11-22(33)16-25(26)32/h2-16,19,27H,17-18H2,1H3,(H,34,40)(H,35,38)/b36-30-/t19-,27?/m0/s1. The number of benzene rings is 3. The first-order chi connectivity index (χ1) is 20.8. The zero-order valence-corrected chi connectivity index (χ0v) is 24.4. The number of amides is 3. The van der Waals surface area contributed by atoms with Crippen molar-refractivity contribution in [2.75, 3.05) is 5.32 Å². The van der Waals surface area contributed by atoms with Crippen molar-refractivity contribution in [1.29, 1.82) is 0 Å². The first kappa shape index (κ1) is 29.9. The largest absolute Gasteiger partial charge is 0.467 e. The van der Waals surface area contributed by atoms with Gasteiger partial charge in [-0.25, -0.2) is 14.2 Å². The fraction of sp³-hybridized carbons (Fsp3) is 0.161. The Hall–Kier alpha value is -4.61. The van der Waals surface area contributed by atoms with E-state index >= 15 is 0 Å². The molecule has 0 aliphatic carbocycles. The van der Waals surface area contributed by atoms with Gasteiger partial charge in [-0.3, -0.25) is 14.5 Å². The third-order valence-electron chi connectivity index (χ3n) is 6.39. The summed E-state index contributed by atoms with van der Waals surface area (Å²) in [4.78, 5) is 44.4. The molecule has 43 heavy (non-hydrogen) atoms. The van der Waals surface area contributed by atoms with E-state index in [4.69, 9.17) is 20.8 Å². The molecule has 4 aromatic rings. The summed E-state index contributed by atoms with van der Waals surface area (Å²) in [6.45, 7) is 1.78. The van der Waals surface area contributed by atoms with Gasteiger partial charge in [0.15, 0.2) is 5.17 Å². The molecule has 3 aromatic carbocycles. The van der Waals surface area contributed by atoms with Crippen LogP contribution in [0.4, 0.5) is 20.6 Å². The maximum atomic E-state index is 13.6. The molecule has 2 N–H and O–H groups in total. The second kappa shape index (κ2) is 13.6. The molecule has 1 saturated heterocycles. The number of thioether (sulfide) groups is 1. The van der Waals surface area contributed by atoms with Crippen LogP contribution in [0.2, 0.25) is 5.02 Å². The van der Waals surface area contributed by atoms with Gasteiger partial charge in [0.05, 0.1) is 23.5 Å². The number of nitrogens with zero attached hydrogens (tertiary/aromatic N) is 2. The van der Waals surface area contributed by atoms with Crippen molar-refractivity contribution in [3.05, 3.63) is 119 Å². The lowest BCUT2D eigenvalue weighted by atomic mass is 10.1. The van der Waals surface area contributed by atoms with Crippen molar-refractivity contribution in [3.63, 3.8) is 0 Å². The van der Waals surface area contributed by atoms with Crippen LogP contribution in [0.25, 0.3) is 0 Å². The SMILES string of the molecule is C[C@H](NC(=O)OCc1ccccc1)C(=O)Nc1ccc(C2S/C(=N\c3ccc(F)cc3Cl)N(Cc3ccco3)C2=O)cc1. The quantitative estimate of drug-likeness (QED) is 0.212. The number of hydrogen-bond donors (Lipinski definition) is 2. The zero-order valence-electron chi connectivity index (χ0n) is 22.8. The van der Waals surface area contributed by atoms with E-state index in [1.165, 1.54) is 35.1 Å². The number of amidine groups is 1. The number of halogens is 2. The van der Waals surface area contributed by atoms with Crippen molar-refractivity contribution in [2.24, 2.45) is 4.99 Å². The summed E-state index contributed by atoms with van der Waals surface area (Å²) in [6, 6.07) is 22.5. The molecule has 1 aliphatic rings. The van der Waals surface area contributed by atoms with Crippen LogP contribution in [-0.4, -0.2) is 34.0 Å². The highest BCUT2D eigenvalue weighted by atomic mass is 35.5. The second-order valence-corrected chi connectivity index (χ2v) is 11.0. The van der Waals surface area contributed by atoms with E-state index in [9.17, 15) is 18.8 Å². The minimum Gasteiger partial charge on any atom is -0.467 e. The molecule has 0 bridgehead atoms. The molecule has 12 heteroatoms. The number of rotatable bonds is 9. The Morgan fingerprint density at radius 3 is 2.56 bits per heavy atom. The number of hydrogen-bond acceptors (Lipinski definition) is 7. The van der Waals surface area contributed by atoms with Gasteiger partial charge >= 0.3 is 6.09 Å². The van der Waals surface area contributed by atoms with E-state index in [2.05, 4.69) is 15.6 Å². The molecule has 5 rings (SSSR count). The topological polar surface area (TPSA) is 113 Å². The molecule has 0 radical (unpaired) electrons. The number of aliphatic imine (C=N–C) groups is 1. The molecule has 1 fully saturated rings. The molecule has 1 aromatic heterocycles. The minimum absolute atomic E-state index is 0.0860. The molecule has 1 aliphatic heterocycles. The Balaban J connectivity index is 1.24. The molecular weight excluding hydrogens is 595 g/mol. The first-order valence-electron chi connectivity index (χ1n) is 13.2. The third-order valence-corrected chi connectivity index (χ3v) is 7.92. The number of nitrogens with one attached hydrogen (secondary N) is 2. The van der Waals surface area contributed by atoms with Crippen LogP contribution < -0.4 is 10.6 Å². The molecule has 2 atom stereocenters. The van der Waals surface area contributed by atoms with Crippen LogP contribution in [0, 0.1) is 5.82 Å². The highest BCUT2D eigenvalue weighted by molar-refractivity contribution is 8.15. The lowest BCUT2D eigenvalue weighted by molar-refractivity contribution is -0.126. The fourth-order valence-corrected chi connectivity index (χ4v) is 5.50. The molecule has 220 valence electrons. The number of ether oxygens (including phenoxy) is 1. The van der Waals surface area contributed by atoms with Crippen LogP contribution in [0.3, 0.4) is 0 Å². The first-order valence-corrected chi connectivity index (χ1v) is 14.4. The Kier molecular flexibility index (Phi) is 9.43. The van der Waals surface area contributed by atoms with Gasteiger partial charge in [-0.05, 0) is 60.5 Å². The van der Waals surface area contributed by atoms with E-state index in [1.54, 1.807) is 43.3 Å². The average Bonchev–Trinajstić information content (AvgIpc) is 3.62. The summed E-state index contributed by atoms with van der Waals surface area (Å²) in [5.74, 6) is -0.583. The predicted octanol–water partition coefficient (Wildman–Crippen LogP) is 6.83. The second-order valence-electron chi connectivity index (χ2n) is 9.53. The van der Waals surface area contributed by atoms with Crippen molar-refractivity contribution in [3.8, 4) is 0 Å². The summed E-state index contributed by atoms with van der Waals surface area (Å²) >= 11 is 7.42. The summed E-state index contributed by atoms with van der Waals surface area (Å²) in [5.41, 5.74) is 2.32. The van der Waals surface area contributed by atoms with Gasteiger partial charge in [-0.1, -0.05) is 65.8 Å². The average molecular weight is 621 g/mol. The number of carbonyl (C=O) groups excluding carboxylic acids is 3. The van der Waals surface area contributed by atoms with Crippen LogP contribution >= 0.6 is 23.4 Å². The van der Waals surface area contributed by atoms with Gasteiger partial charge in [0.2, 0.25) is 11.8 Å². The number of alkyl carbamates (subject to hydrolysis) is 1. The van der Waals surface area contributed by atoms with Crippen molar-refractivity contribution in [1.82, 2.24) is 10.2 Å². The summed E-state index contributed by atoms with van der Waals surface area (Å²) < 4.78 is 24.2. The molecule has 3 amide bonds. The monoisotopic (exact) mass is 620 g/mol. The number of carbonyl (C=O) groups is 3. The van der Waals surface area contributed by atoms with Crippen LogP contribution in [-0.2, 0) is 27.5 Å². The van der Waals surface area contributed by atoms with E-state index in [0.29, 0.717) is 27.9 Å². The van der Waals surface area contributed by atoms with Crippen LogP contribution in [0.5, 0.6) is 0 Å². The molecule has 0 saturated carbocycles. The normalized spacial score (nSPS) is 16.3. The summed E-state index contributed by atoms with van der Waals surface area (Å²) in [5, 5.41) is 5.14. The molecular formula is C31H26ClFN4O5S. The maximum Gasteiger partial charge on any atom is 0.408 e. The molecule has 0 spiro atoms. The highest BCUT2D eigenvalue weighted by Crippen LogP contribution is 2.42. The van der Waals surface area contributed by atoms with E-state index in [-0.39, 0.29) is 24.1 Å². The van der Waals surface area contributed by atoms with Crippen LogP contribution in [0.15, 0.2) is 101 Å². The predicted molar refractivity (Wildman–Crippen MR) is 162 cm³/mol.